The van der Waals surface area contributed by atoms with Crippen LogP contribution in [0.1, 0.15) is 64.1 Å². The second-order valence-electron chi connectivity index (χ2n) is 7.08. The first-order chi connectivity index (χ1) is 11.7. The summed E-state index contributed by atoms with van der Waals surface area (Å²) in [5.74, 6) is 2.13. The number of halogens is 1. The minimum atomic E-state index is -0.564. The van der Waals surface area contributed by atoms with Crippen molar-refractivity contribution in [2.24, 2.45) is 0 Å². The molecular weight excluding hydrogens is 388 g/mol. The number of amides is 1. The van der Waals surface area contributed by atoms with Gasteiger partial charge in [-0.1, -0.05) is 0 Å². The SMILES string of the molecule is C[C@H](NC(=O)OC(C)(C)C)c1nc(C2CC2)nn1-c1ncc(Br)cn1. The molecular formula is C16H21BrN6O2. The number of nitrogens with one attached hydrogen (secondary N) is 1. The Morgan fingerprint density at radius 3 is 2.56 bits per heavy atom. The largest absolute Gasteiger partial charge is 0.444 e. The molecule has 1 amide bonds. The summed E-state index contributed by atoms with van der Waals surface area (Å²) >= 11 is 3.32. The fourth-order valence-corrected chi connectivity index (χ4v) is 2.45. The number of hydrogen-bond donors (Lipinski definition) is 1. The molecule has 1 fully saturated rings. The van der Waals surface area contributed by atoms with Crippen LogP contribution < -0.4 is 5.32 Å². The molecule has 25 heavy (non-hydrogen) atoms. The maximum atomic E-state index is 12.1. The van der Waals surface area contributed by atoms with Gasteiger partial charge in [0.15, 0.2) is 11.6 Å². The number of aromatic nitrogens is 5. The van der Waals surface area contributed by atoms with Crippen molar-refractivity contribution in [1.29, 1.82) is 0 Å². The lowest BCUT2D eigenvalue weighted by atomic mass is 10.2. The molecule has 9 heteroatoms. The Kier molecular flexibility index (Phi) is 4.77. The fraction of sp³-hybridized carbons (Fsp3) is 0.562. The zero-order chi connectivity index (χ0) is 18.2. The van der Waals surface area contributed by atoms with Gasteiger partial charge in [0.05, 0.1) is 10.5 Å². The molecule has 2 aromatic heterocycles. The van der Waals surface area contributed by atoms with E-state index in [9.17, 15) is 4.79 Å². The summed E-state index contributed by atoms with van der Waals surface area (Å²) in [5, 5.41) is 7.35. The summed E-state index contributed by atoms with van der Waals surface area (Å²) in [7, 11) is 0. The van der Waals surface area contributed by atoms with E-state index in [1.54, 1.807) is 17.1 Å². The minimum Gasteiger partial charge on any atom is -0.444 e. The number of hydrogen-bond acceptors (Lipinski definition) is 6. The number of ether oxygens (including phenoxy) is 1. The summed E-state index contributed by atoms with van der Waals surface area (Å²) in [4.78, 5) is 25.2. The number of carbonyl (C=O) groups is 1. The van der Waals surface area contributed by atoms with Crippen LogP contribution in [-0.4, -0.2) is 36.4 Å². The van der Waals surface area contributed by atoms with Crippen LogP contribution in [0.3, 0.4) is 0 Å². The molecule has 2 aromatic rings. The molecule has 1 atom stereocenters. The molecule has 0 bridgehead atoms. The van der Waals surface area contributed by atoms with E-state index in [4.69, 9.17) is 4.74 Å². The first-order valence-electron chi connectivity index (χ1n) is 8.17. The van der Waals surface area contributed by atoms with Gasteiger partial charge in [0, 0.05) is 18.3 Å². The molecule has 0 radical (unpaired) electrons. The van der Waals surface area contributed by atoms with Gasteiger partial charge in [-0.15, -0.1) is 5.10 Å². The molecule has 1 saturated carbocycles. The Labute approximate surface area is 154 Å². The summed E-state index contributed by atoms with van der Waals surface area (Å²) in [5.41, 5.74) is -0.564. The van der Waals surface area contributed by atoms with Crippen LogP contribution >= 0.6 is 15.9 Å². The Morgan fingerprint density at radius 2 is 2.00 bits per heavy atom. The van der Waals surface area contributed by atoms with Crippen LogP contribution in [0.5, 0.6) is 0 Å². The van der Waals surface area contributed by atoms with Gasteiger partial charge < -0.3 is 10.1 Å². The third-order valence-corrected chi connectivity index (χ3v) is 3.92. The molecule has 0 aromatic carbocycles. The van der Waals surface area contributed by atoms with Gasteiger partial charge in [-0.25, -0.2) is 19.7 Å². The predicted octanol–water partition coefficient (Wildman–Crippen LogP) is 3.28. The average molecular weight is 409 g/mol. The van der Waals surface area contributed by atoms with Crippen LogP contribution in [-0.2, 0) is 4.74 Å². The summed E-state index contributed by atoms with van der Waals surface area (Å²) in [6.45, 7) is 7.29. The van der Waals surface area contributed by atoms with E-state index in [0.29, 0.717) is 17.7 Å². The third kappa shape index (κ3) is 4.53. The molecule has 1 aliphatic carbocycles. The predicted molar refractivity (Wildman–Crippen MR) is 94.4 cm³/mol. The van der Waals surface area contributed by atoms with Gasteiger partial charge in [-0.2, -0.15) is 4.68 Å². The molecule has 0 aliphatic heterocycles. The first kappa shape index (κ1) is 17.8. The van der Waals surface area contributed by atoms with Gasteiger partial charge in [-0.3, -0.25) is 0 Å². The van der Waals surface area contributed by atoms with E-state index in [2.05, 4.69) is 41.3 Å². The summed E-state index contributed by atoms with van der Waals surface area (Å²) < 4.78 is 7.68. The highest BCUT2D eigenvalue weighted by Crippen LogP contribution is 2.38. The smallest absolute Gasteiger partial charge is 0.408 e. The van der Waals surface area contributed by atoms with Crippen molar-refractivity contribution in [2.45, 2.75) is 58.1 Å². The monoisotopic (exact) mass is 408 g/mol. The van der Waals surface area contributed by atoms with E-state index in [0.717, 1.165) is 23.1 Å². The lowest BCUT2D eigenvalue weighted by Gasteiger charge is -2.21. The van der Waals surface area contributed by atoms with Gasteiger partial charge >= 0.3 is 6.09 Å². The van der Waals surface area contributed by atoms with Crippen LogP contribution in [0.25, 0.3) is 5.95 Å². The van der Waals surface area contributed by atoms with Gasteiger partial charge in [0.1, 0.15) is 5.60 Å². The molecule has 8 nitrogen and oxygen atoms in total. The quantitative estimate of drug-likeness (QED) is 0.833. The standard InChI is InChI=1S/C16H21BrN6O2/c1-9(20-15(24)25-16(2,3)4)13-21-12(10-5-6-10)22-23(13)14-18-7-11(17)8-19-14/h7-10H,5-6H2,1-4H3,(H,20,24)/t9-/m0/s1. The Hall–Kier alpha value is -2.03. The maximum absolute atomic E-state index is 12.1. The highest BCUT2D eigenvalue weighted by molar-refractivity contribution is 9.10. The highest BCUT2D eigenvalue weighted by Gasteiger charge is 2.31. The van der Waals surface area contributed by atoms with Gasteiger partial charge in [0.25, 0.3) is 5.95 Å². The van der Waals surface area contributed by atoms with Crippen molar-refractivity contribution in [3.05, 3.63) is 28.5 Å². The first-order valence-corrected chi connectivity index (χ1v) is 8.96. The van der Waals surface area contributed by atoms with Crippen molar-refractivity contribution in [1.82, 2.24) is 30.0 Å². The highest BCUT2D eigenvalue weighted by atomic mass is 79.9. The number of carbonyl (C=O) groups excluding carboxylic acids is 1. The van der Waals surface area contributed by atoms with Crippen LogP contribution in [0.15, 0.2) is 16.9 Å². The molecule has 1 N–H and O–H groups in total. The minimum absolute atomic E-state index is 0.379. The normalized spacial score (nSPS) is 15.7. The van der Waals surface area contributed by atoms with Crippen molar-refractivity contribution in [3.63, 3.8) is 0 Å². The number of alkyl carbamates (subject to hydrolysis) is 1. The van der Waals surface area contributed by atoms with Crippen molar-refractivity contribution in [3.8, 4) is 5.95 Å². The molecule has 0 unspecified atom stereocenters. The van der Waals surface area contributed by atoms with E-state index in [-0.39, 0.29) is 0 Å². The average Bonchev–Trinajstić information content (AvgIpc) is 3.25. The van der Waals surface area contributed by atoms with E-state index < -0.39 is 17.7 Å². The Balaban J connectivity index is 1.86. The molecule has 134 valence electrons. The van der Waals surface area contributed by atoms with Crippen LogP contribution in [0.4, 0.5) is 4.79 Å². The topological polar surface area (TPSA) is 94.8 Å². The van der Waals surface area contributed by atoms with E-state index >= 15 is 0 Å². The zero-order valence-electron chi connectivity index (χ0n) is 14.7. The van der Waals surface area contributed by atoms with Gasteiger partial charge in [0.2, 0.25) is 0 Å². The van der Waals surface area contributed by atoms with Gasteiger partial charge in [-0.05, 0) is 56.5 Å². The molecule has 2 heterocycles. The summed E-state index contributed by atoms with van der Waals surface area (Å²) in [6, 6.07) is -0.401. The Bertz CT molecular complexity index is 764. The third-order valence-electron chi connectivity index (χ3n) is 3.51. The second kappa shape index (κ2) is 6.70. The number of rotatable bonds is 4. The van der Waals surface area contributed by atoms with Crippen molar-refractivity contribution >= 4 is 22.0 Å². The second-order valence-corrected chi connectivity index (χ2v) is 8.00. The fourth-order valence-electron chi connectivity index (χ4n) is 2.25. The van der Waals surface area contributed by atoms with E-state index in [1.807, 2.05) is 27.7 Å². The van der Waals surface area contributed by atoms with Crippen molar-refractivity contribution < 1.29 is 9.53 Å². The lowest BCUT2D eigenvalue weighted by Crippen LogP contribution is -2.35. The van der Waals surface area contributed by atoms with Crippen molar-refractivity contribution in [2.75, 3.05) is 0 Å². The van der Waals surface area contributed by atoms with Crippen LogP contribution in [0, 0.1) is 0 Å². The Morgan fingerprint density at radius 1 is 1.36 bits per heavy atom. The molecule has 0 saturated heterocycles. The van der Waals surface area contributed by atoms with E-state index in [1.165, 1.54) is 0 Å². The lowest BCUT2D eigenvalue weighted by molar-refractivity contribution is 0.0505. The maximum Gasteiger partial charge on any atom is 0.408 e. The van der Waals surface area contributed by atoms with Crippen LogP contribution in [0.2, 0.25) is 0 Å². The number of nitrogens with zero attached hydrogens (tertiary/aromatic N) is 5. The molecule has 0 spiro atoms. The molecule has 1 aliphatic rings. The zero-order valence-corrected chi connectivity index (χ0v) is 16.2. The molecule has 3 rings (SSSR count). The summed E-state index contributed by atoms with van der Waals surface area (Å²) in [6.07, 6.45) is 4.96.